The summed E-state index contributed by atoms with van der Waals surface area (Å²) in [5, 5.41) is 17.5. The Bertz CT molecular complexity index is 865. The van der Waals surface area contributed by atoms with Gasteiger partial charge in [-0.1, -0.05) is 11.6 Å². The Kier molecular flexibility index (Phi) is 5.21. The lowest BCUT2D eigenvalue weighted by atomic mass is 10.0. The van der Waals surface area contributed by atoms with E-state index in [4.69, 9.17) is 11.6 Å². The number of benzene rings is 1. The largest absolute Gasteiger partial charge is 0.372 e. The van der Waals surface area contributed by atoms with Gasteiger partial charge in [0, 0.05) is 36.8 Å². The molecule has 0 radical (unpaired) electrons. The molecule has 1 aromatic carbocycles. The number of nitrogens with zero attached hydrogens (tertiary/aromatic N) is 3. The van der Waals surface area contributed by atoms with Crippen molar-refractivity contribution in [3.63, 3.8) is 0 Å². The van der Waals surface area contributed by atoms with Gasteiger partial charge in [0.2, 0.25) is 5.60 Å². The predicted octanol–water partition coefficient (Wildman–Crippen LogP) is 2.04. The lowest BCUT2D eigenvalue weighted by molar-refractivity contribution is -0.149. The average Bonchev–Trinajstić information content (AvgIpc) is 3.18. The maximum atomic E-state index is 13.4. The summed E-state index contributed by atoms with van der Waals surface area (Å²) in [6, 6.07) is 3.99. The molecule has 9 heteroatoms. The van der Waals surface area contributed by atoms with E-state index in [2.05, 4.69) is 10.4 Å². The number of aliphatic hydroxyl groups is 1. The first-order valence-electron chi connectivity index (χ1n) is 8.52. The van der Waals surface area contributed by atoms with Crippen molar-refractivity contribution < 1.29 is 19.1 Å². The highest BCUT2D eigenvalue weighted by Gasteiger charge is 2.51. The van der Waals surface area contributed by atoms with E-state index in [-0.39, 0.29) is 30.6 Å². The number of carbonyl (C=O) groups is 2. The highest BCUT2D eigenvalue weighted by atomic mass is 35.5. The third-order valence-corrected chi connectivity index (χ3v) is 4.69. The Morgan fingerprint density at radius 3 is 2.81 bits per heavy atom. The zero-order valence-electron chi connectivity index (χ0n) is 14.9. The molecule has 0 spiro atoms. The summed E-state index contributed by atoms with van der Waals surface area (Å²) in [7, 11) is 0. The summed E-state index contributed by atoms with van der Waals surface area (Å²) < 4.78 is 15.1. The fourth-order valence-electron chi connectivity index (χ4n) is 2.95. The third-order valence-electron chi connectivity index (χ3n) is 4.48. The van der Waals surface area contributed by atoms with Gasteiger partial charge in [-0.3, -0.25) is 14.3 Å². The molecular formula is C18H20ClFN4O3. The highest BCUT2D eigenvalue weighted by molar-refractivity contribution is 6.30. The van der Waals surface area contributed by atoms with Gasteiger partial charge < -0.3 is 15.3 Å². The number of carbonyl (C=O) groups excluding carboxylic acids is 2. The van der Waals surface area contributed by atoms with Gasteiger partial charge in [-0.15, -0.1) is 0 Å². The zero-order valence-corrected chi connectivity index (χ0v) is 15.7. The van der Waals surface area contributed by atoms with Gasteiger partial charge >= 0.3 is 0 Å². The van der Waals surface area contributed by atoms with Crippen LogP contribution in [-0.4, -0.2) is 38.8 Å². The highest BCUT2D eigenvalue weighted by Crippen LogP contribution is 2.29. The van der Waals surface area contributed by atoms with Crippen molar-refractivity contribution in [3.8, 4) is 0 Å². The smallest absolute Gasteiger partial charge is 0.268 e. The molecule has 7 nitrogen and oxygen atoms in total. The summed E-state index contributed by atoms with van der Waals surface area (Å²) in [4.78, 5) is 26.5. The number of rotatable bonds is 5. The van der Waals surface area contributed by atoms with Gasteiger partial charge in [-0.25, -0.2) is 4.39 Å². The Hall–Kier alpha value is -2.45. The van der Waals surface area contributed by atoms with Gasteiger partial charge in [0.1, 0.15) is 5.82 Å². The molecule has 1 aliphatic rings. The quantitative estimate of drug-likeness (QED) is 0.760. The van der Waals surface area contributed by atoms with Crippen LogP contribution in [0.5, 0.6) is 0 Å². The maximum absolute atomic E-state index is 13.4. The lowest BCUT2D eigenvalue weighted by Gasteiger charge is -2.21. The third kappa shape index (κ3) is 3.81. The van der Waals surface area contributed by atoms with Crippen molar-refractivity contribution in [1.82, 2.24) is 15.1 Å². The SMILES string of the molecule is CC(C)n1cc(N2CC[C@@](O)(C(=O)NCc3cc(F)cc(Cl)c3)C2=O)cn1. The molecule has 1 atom stereocenters. The average molecular weight is 395 g/mol. The number of hydrogen-bond donors (Lipinski definition) is 2. The zero-order chi connectivity index (χ0) is 19.8. The molecular weight excluding hydrogens is 375 g/mol. The molecule has 3 rings (SSSR count). The van der Waals surface area contributed by atoms with Crippen LogP contribution in [0.25, 0.3) is 0 Å². The molecule has 27 heavy (non-hydrogen) atoms. The Balaban J connectivity index is 1.70. The second-order valence-electron chi connectivity index (χ2n) is 6.80. The van der Waals surface area contributed by atoms with Crippen molar-refractivity contribution in [2.75, 3.05) is 11.4 Å². The molecule has 2 aromatic rings. The predicted molar refractivity (Wildman–Crippen MR) is 97.8 cm³/mol. The standard InChI is InChI=1S/C18H20ClFN4O3/c1-11(2)24-10-15(9-22-24)23-4-3-18(27,17(23)26)16(25)21-8-12-5-13(19)7-14(20)6-12/h5-7,9-11,27H,3-4,8H2,1-2H3,(H,21,25)/t18-/m1/s1. The number of anilines is 1. The Morgan fingerprint density at radius 2 is 2.19 bits per heavy atom. The van der Waals surface area contributed by atoms with E-state index in [9.17, 15) is 19.1 Å². The molecule has 2 N–H and O–H groups in total. The fraction of sp³-hybridized carbons (Fsp3) is 0.389. The van der Waals surface area contributed by atoms with Gasteiger partial charge in [0.15, 0.2) is 0 Å². The van der Waals surface area contributed by atoms with Crippen molar-refractivity contribution >= 4 is 29.1 Å². The minimum Gasteiger partial charge on any atom is -0.372 e. The van der Waals surface area contributed by atoms with E-state index >= 15 is 0 Å². The molecule has 2 heterocycles. The van der Waals surface area contributed by atoms with Crippen LogP contribution in [0.15, 0.2) is 30.6 Å². The topological polar surface area (TPSA) is 87.5 Å². The van der Waals surface area contributed by atoms with Crippen LogP contribution < -0.4 is 10.2 Å². The summed E-state index contributed by atoms with van der Waals surface area (Å²) in [6.07, 6.45) is 3.17. The summed E-state index contributed by atoms with van der Waals surface area (Å²) in [5.74, 6) is -2.07. The molecule has 0 aliphatic carbocycles. The number of amides is 2. The number of nitrogens with one attached hydrogen (secondary N) is 1. The van der Waals surface area contributed by atoms with Crippen LogP contribution in [0.2, 0.25) is 5.02 Å². The Labute approximate surface area is 160 Å². The first kappa shape index (κ1) is 19.3. The molecule has 0 saturated carbocycles. The van der Waals surface area contributed by atoms with E-state index in [1.807, 2.05) is 13.8 Å². The van der Waals surface area contributed by atoms with Crippen LogP contribution in [0.4, 0.5) is 10.1 Å². The molecule has 144 valence electrons. The van der Waals surface area contributed by atoms with E-state index < -0.39 is 23.2 Å². The van der Waals surface area contributed by atoms with Crippen LogP contribution in [-0.2, 0) is 16.1 Å². The molecule has 2 amide bonds. The van der Waals surface area contributed by atoms with Crippen molar-refractivity contribution in [2.45, 2.75) is 38.5 Å². The van der Waals surface area contributed by atoms with E-state index in [0.717, 1.165) is 6.07 Å². The number of aromatic nitrogens is 2. The second kappa shape index (κ2) is 7.28. The normalized spacial score (nSPS) is 19.8. The molecule has 0 unspecified atom stereocenters. The van der Waals surface area contributed by atoms with Crippen molar-refractivity contribution in [1.29, 1.82) is 0 Å². The Morgan fingerprint density at radius 1 is 1.44 bits per heavy atom. The lowest BCUT2D eigenvalue weighted by Crippen LogP contribution is -2.52. The summed E-state index contributed by atoms with van der Waals surface area (Å²) in [5.41, 5.74) is -1.22. The van der Waals surface area contributed by atoms with Gasteiger partial charge in [-0.05, 0) is 37.6 Å². The van der Waals surface area contributed by atoms with Crippen molar-refractivity contribution in [3.05, 3.63) is 47.0 Å². The van der Waals surface area contributed by atoms with Crippen LogP contribution in [0, 0.1) is 5.82 Å². The summed E-state index contributed by atoms with van der Waals surface area (Å²) in [6.45, 7) is 4.03. The molecule has 1 aliphatic heterocycles. The van der Waals surface area contributed by atoms with Gasteiger partial charge in [0.25, 0.3) is 11.8 Å². The summed E-state index contributed by atoms with van der Waals surface area (Å²) >= 11 is 5.78. The minimum absolute atomic E-state index is 0.0472. The fourth-order valence-corrected chi connectivity index (χ4v) is 3.20. The van der Waals surface area contributed by atoms with Crippen LogP contribution >= 0.6 is 11.6 Å². The van der Waals surface area contributed by atoms with Crippen molar-refractivity contribution in [2.24, 2.45) is 0 Å². The number of hydrogen-bond acceptors (Lipinski definition) is 4. The molecule has 0 bridgehead atoms. The van der Waals surface area contributed by atoms with E-state index in [1.165, 1.54) is 23.2 Å². The first-order valence-corrected chi connectivity index (χ1v) is 8.90. The van der Waals surface area contributed by atoms with Gasteiger partial charge in [0.05, 0.1) is 11.9 Å². The van der Waals surface area contributed by atoms with Crippen LogP contribution in [0.1, 0.15) is 31.9 Å². The maximum Gasteiger partial charge on any atom is 0.268 e. The van der Waals surface area contributed by atoms with Gasteiger partial charge in [-0.2, -0.15) is 5.10 Å². The van der Waals surface area contributed by atoms with E-state index in [0.29, 0.717) is 11.3 Å². The van der Waals surface area contributed by atoms with E-state index in [1.54, 1.807) is 10.9 Å². The van der Waals surface area contributed by atoms with Crippen LogP contribution in [0.3, 0.4) is 0 Å². The first-order chi connectivity index (χ1) is 12.7. The monoisotopic (exact) mass is 394 g/mol. The number of halogens is 2. The molecule has 1 fully saturated rings. The molecule has 1 aromatic heterocycles. The minimum atomic E-state index is -2.17. The second-order valence-corrected chi connectivity index (χ2v) is 7.24. The molecule has 1 saturated heterocycles.